The Hall–Kier alpha value is -2.69. The predicted molar refractivity (Wildman–Crippen MR) is 74.5 cm³/mol. The van der Waals surface area contributed by atoms with Gasteiger partial charge in [0.25, 0.3) is 0 Å². The lowest BCUT2D eigenvalue weighted by molar-refractivity contribution is -0.385. The van der Waals surface area contributed by atoms with Crippen LogP contribution in [-0.4, -0.2) is 28.4 Å². The van der Waals surface area contributed by atoms with E-state index in [2.05, 4.69) is 15.6 Å². The van der Waals surface area contributed by atoms with Gasteiger partial charge in [-0.1, -0.05) is 0 Å². The molecule has 1 saturated carbocycles. The molecule has 2 N–H and O–H groups in total. The number of nitrogens with zero attached hydrogens (tertiary/aromatic N) is 3. The number of nitro groups is 1. The summed E-state index contributed by atoms with van der Waals surface area (Å²) in [5.74, 6) is 0.424. The Morgan fingerprint density at radius 2 is 2.29 bits per heavy atom. The Morgan fingerprint density at radius 3 is 2.90 bits per heavy atom. The highest BCUT2D eigenvalue weighted by Gasteiger charge is 2.22. The first kappa shape index (κ1) is 14.7. The fraction of sp³-hybridized carbons (Fsp3) is 0.462. The molecule has 0 saturated heterocycles. The van der Waals surface area contributed by atoms with Crippen LogP contribution < -0.4 is 10.6 Å². The molecule has 0 bridgehead atoms. The van der Waals surface area contributed by atoms with E-state index in [1.54, 1.807) is 6.07 Å². The van der Waals surface area contributed by atoms with Crippen LogP contribution in [0.2, 0.25) is 0 Å². The topological polar surface area (TPSA) is 121 Å². The molecule has 1 amide bonds. The third-order valence-electron chi connectivity index (χ3n) is 3.01. The van der Waals surface area contributed by atoms with Crippen LogP contribution in [-0.2, 0) is 4.79 Å². The van der Waals surface area contributed by atoms with Crippen molar-refractivity contribution in [1.29, 1.82) is 5.26 Å². The molecule has 0 spiro atoms. The second kappa shape index (κ2) is 6.65. The molecular formula is C13H15N5O3. The first-order valence-corrected chi connectivity index (χ1v) is 6.69. The fourth-order valence-corrected chi connectivity index (χ4v) is 1.77. The van der Waals surface area contributed by atoms with Crippen molar-refractivity contribution in [2.45, 2.75) is 31.7 Å². The molecule has 2 rings (SSSR count). The molecule has 1 aromatic heterocycles. The SMILES string of the molecule is N#Cc1nc(NCCCC(=O)NC2CC2)ccc1[N+](=O)[O-]. The highest BCUT2D eigenvalue weighted by atomic mass is 16.6. The Bertz CT molecular complexity index is 592. The number of aromatic nitrogens is 1. The van der Waals surface area contributed by atoms with Crippen molar-refractivity contribution in [3.05, 3.63) is 27.9 Å². The summed E-state index contributed by atoms with van der Waals surface area (Å²) in [7, 11) is 0. The van der Waals surface area contributed by atoms with Crippen molar-refractivity contribution in [2.24, 2.45) is 0 Å². The second-order valence-electron chi connectivity index (χ2n) is 4.81. The number of hydrogen-bond acceptors (Lipinski definition) is 6. The zero-order valence-electron chi connectivity index (χ0n) is 11.3. The van der Waals surface area contributed by atoms with Crippen LogP contribution in [0, 0.1) is 21.4 Å². The maximum atomic E-state index is 11.5. The molecule has 110 valence electrons. The summed E-state index contributed by atoms with van der Waals surface area (Å²) in [6.07, 6.45) is 3.17. The van der Waals surface area contributed by atoms with Gasteiger partial charge in [-0.25, -0.2) is 4.98 Å². The minimum absolute atomic E-state index is 0.0358. The van der Waals surface area contributed by atoms with Gasteiger partial charge in [0, 0.05) is 25.1 Å². The van der Waals surface area contributed by atoms with Gasteiger partial charge in [-0.2, -0.15) is 5.26 Å². The van der Waals surface area contributed by atoms with Gasteiger partial charge in [-0.05, 0) is 25.3 Å². The van der Waals surface area contributed by atoms with Crippen molar-refractivity contribution in [1.82, 2.24) is 10.3 Å². The van der Waals surface area contributed by atoms with Crippen LogP contribution in [0.3, 0.4) is 0 Å². The smallest absolute Gasteiger partial charge is 0.305 e. The molecule has 0 aliphatic heterocycles. The molecule has 1 aliphatic rings. The molecule has 8 nitrogen and oxygen atoms in total. The number of anilines is 1. The maximum Gasteiger partial charge on any atom is 0.305 e. The third kappa shape index (κ3) is 4.42. The number of carbonyl (C=O) groups is 1. The number of hydrogen-bond donors (Lipinski definition) is 2. The number of nitriles is 1. The van der Waals surface area contributed by atoms with E-state index in [4.69, 9.17) is 5.26 Å². The lowest BCUT2D eigenvalue weighted by Gasteiger charge is -2.06. The Kier molecular flexibility index (Phi) is 4.66. The molecule has 1 fully saturated rings. The standard InChI is InChI=1S/C13H15N5O3/c14-8-10-11(18(20)21)5-6-12(17-10)15-7-1-2-13(19)16-9-3-4-9/h5-6,9H,1-4,7H2,(H,15,17)(H,16,19). The van der Waals surface area contributed by atoms with Crippen molar-refractivity contribution in [3.8, 4) is 6.07 Å². The molecule has 0 aromatic carbocycles. The lowest BCUT2D eigenvalue weighted by atomic mass is 10.2. The lowest BCUT2D eigenvalue weighted by Crippen LogP contribution is -2.25. The van der Waals surface area contributed by atoms with Crippen molar-refractivity contribution in [3.63, 3.8) is 0 Å². The van der Waals surface area contributed by atoms with Gasteiger partial charge < -0.3 is 10.6 Å². The summed E-state index contributed by atoms with van der Waals surface area (Å²) in [5.41, 5.74) is -0.539. The van der Waals surface area contributed by atoms with Crippen molar-refractivity contribution in [2.75, 3.05) is 11.9 Å². The van der Waals surface area contributed by atoms with Crippen LogP contribution >= 0.6 is 0 Å². The first-order chi connectivity index (χ1) is 10.1. The molecular weight excluding hydrogens is 274 g/mol. The van der Waals surface area contributed by atoms with E-state index in [-0.39, 0.29) is 17.3 Å². The molecule has 21 heavy (non-hydrogen) atoms. The van der Waals surface area contributed by atoms with Crippen LogP contribution in [0.25, 0.3) is 0 Å². The summed E-state index contributed by atoms with van der Waals surface area (Å²) in [6, 6.07) is 4.75. The average molecular weight is 289 g/mol. The molecule has 1 aliphatic carbocycles. The van der Waals surface area contributed by atoms with E-state index in [1.165, 1.54) is 12.1 Å². The van der Waals surface area contributed by atoms with E-state index < -0.39 is 4.92 Å². The second-order valence-corrected chi connectivity index (χ2v) is 4.81. The van der Waals surface area contributed by atoms with Crippen molar-refractivity contribution >= 4 is 17.4 Å². The van der Waals surface area contributed by atoms with Crippen molar-refractivity contribution < 1.29 is 9.72 Å². The Morgan fingerprint density at radius 1 is 1.52 bits per heavy atom. The summed E-state index contributed by atoms with van der Waals surface area (Å²) in [5, 5.41) is 25.3. The minimum Gasteiger partial charge on any atom is -0.370 e. The fourth-order valence-electron chi connectivity index (χ4n) is 1.77. The molecule has 0 radical (unpaired) electrons. The van der Waals surface area contributed by atoms with E-state index in [9.17, 15) is 14.9 Å². The number of rotatable bonds is 7. The Labute approximate surface area is 121 Å². The molecule has 1 aromatic rings. The highest BCUT2D eigenvalue weighted by molar-refractivity contribution is 5.76. The van der Waals surface area contributed by atoms with Gasteiger partial charge in [0.15, 0.2) is 0 Å². The third-order valence-corrected chi connectivity index (χ3v) is 3.01. The average Bonchev–Trinajstić information content (AvgIpc) is 3.27. The van der Waals surface area contributed by atoms with Crippen LogP contribution in [0.1, 0.15) is 31.4 Å². The Balaban J connectivity index is 1.79. The largest absolute Gasteiger partial charge is 0.370 e. The zero-order chi connectivity index (χ0) is 15.2. The molecule has 0 unspecified atom stereocenters. The van der Waals surface area contributed by atoms with Gasteiger partial charge >= 0.3 is 5.69 Å². The molecule has 0 atom stereocenters. The number of pyridine rings is 1. The minimum atomic E-state index is -0.641. The summed E-state index contributed by atoms with van der Waals surface area (Å²) in [6.45, 7) is 0.508. The van der Waals surface area contributed by atoms with Gasteiger partial charge in [-0.3, -0.25) is 14.9 Å². The van der Waals surface area contributed by atoms with Gasteiger partial charge in [0.05, 0.1) is 4.92 Å². The van der Waals surface area contributed by atoms with Gasteiger partial charge in [0.2, 0.25) is 11.6 Å². The number of carbonyl (C=O) groups excluding carboxylic acids is 1. The predicted octanol–water partition coefficient (Wildman–Crippen LogP) is 1.33. The van der Waals surface area contributed by atoms with Gasteiger partial charge in [-0.15, -0.1) is 0 Å². The highest BCUT2D eigenvalue weighted by Crippen LogP contribution is 2.19. The van der Waals surface area contributed by atoms with Crippen LogP contribution in [0.4, 0.5) is 11.5 Å². The molecule has 8 heteroatoms. The number of nitrogens with one attached hydrogen (secondary N) is 2. The summed E-state index contributed by atoms with van der Waals surface area (Å²) >= 11 is 0. The van der Waals surface area contributed by atoms with E-state index >= 15 is 0 Å². The summed E-state index contributed by atoms with van der Waals surface area (Å²) in [4.78, 5) is 25.4. The van der Waals surface area contributed by atoms with Gasteiger partial charge in [0.1, 0.15) is 11.9 Å². The monoisotopic (exact) mass is 289 g/mol. The number of amides is 1. The normalized spacial score (nSPS) is 13.3. The summed E-state index contributed by atoms with van der Waals surface area (Å²) < 4.78 is 0. The van der Waals surface area contributed by atoms with Crippen LogP contribution in [0.15, 0.2) is 12.1 Å². The maximum absolute atomic E-state index is 11.5. The molecule has 1 heterocycles. The quantitative estimate of drug-likeness (QED) is 0.443. The van der Waals surface area contributed by atoms with E-state index in [0.717, 1.165) is 12.8 Å². The van der Waals surface area contributed by atoms with Crippen LogP contribution in [0.5, 0.6) is 0 Å². The zero-order valence-corrected chi connectivity index (χ0v) is 11.3. The van der Waals surface area contributed by atoms with E-state index in [0.29, 0.717) is 31.2 Å². The first-order valence-electron chi connectivity index (χ1n) is 6.69. The van der Waals surface area contributed by atoms with E-state index in [1.807, 2.05) is 0 Å².